The van der Waals surface area contributed by atoms with Crippen LogP contribution in [0.4, 0.5) is 4.39 Å². The maximum Gasteiger partial charge on any atom is 0.161 e. The Hall–Kier alpha value is -2.92. The Morgan fingerprint density at radius 2 is 1.69 bits per heavy atom. The van der Waals surface area contributed by atoms with Gasteiger partial charge in [0.25, 0.3) is 0 Å². The van der Waals surface area contributed by atoms with Gasteiger partial charge in [0.05, 0.1) is 7.11 Å². The van der Waals surface area contributed by atoms with Crippen molar-refractivity contribution in [2.24, 2.45) is 0 Å². The number of hydrogen-bond donors (Lipinski definition) is 1. The van der Waals surface area contributed by atoms with E-state index < -0.39 is 0 Å². The van der Waals surface area contributed by atoms with Crippen LogP contribution in [0.2, 0.25) is 0 Å². The minimum absolute atomic E-state index is 0.163. The van der Waals surface area contributed by atoms with Gasteiger partial charge in [-0.1, -0.05) is 18.2 Å². The van der Waals surface area contributed by atoms with Crippen molar-refractivity contribution in [2.45, 2.75) is 19.7 Å². The van der Waals surface area contributed by atoms with E-state index in [0.717, 1.165) is 18.7 Å². The van der Waals surface area contributed by atoms with Gasteiger partial charge in [0, 0.05) is 29.1 Å². The third-order valence-electron chi connectivity index (χ3n) is 4.08. The molecular formula is C21H22FN2O2+. The van der Waals surface area contributed by atoms with E-state index in [4.69, 9.17) is 9.47 Å². The van der Waals surface area contributed by atoms with Gasteiger partial charge in [0.1, 0.15) is 25.5 Å². The third-order valence-corrected chi connectivity index (χ3v) is 4.08. The SMILES string of the molecule is COc1cc(C[NH2+]Cc2ccncc2)ccc1OCc1ccccc1F. The van der Waals surface area contributed by atoms with Crippen LogP contribution in [0.15, 0.2) is 67.0 Å². The Kier molecular flexibility index (Phi) is 6.17. The van der Waals surface area contributed by atoms with Crippen molar-refractivity contribution in [2.75, 3.05) is 7.11 Å². The molecule has 0 aliphatic heterocycles. The number of aromatic nitrogens is 1. The van der Waals surface area contributed by atoms with E-state index >= 15 is 0 Å². The van der Waals surface area contributed by atoms with Crippen molar-refractivity contribution in [3.63, 3.8) is 0 Å². The van der Waals surface area contributed by atoms with Crippen molar-refractivity contribution in [3.8, 4) is 11.5 Å². The minimum Gasteiger partial charge on any atom is -0.493 e. The van der Waals surface area contributed by atoms with E-state index in [-0.39, 0.29) is 12.4 Å². The first kappa shape index (κ1) is 17.9. The Labute approximate surface area is 152 Å². The predicted molar refractivity (Wildman–Crippen MR) is 97.3 cm³/mol. The Morgan fingerprint density at radius 1 is 0.923 bits per heavy atom. The fourth-order valence-electron chi connectivity index (χ4n) is 2.65. The number of nitrogens with two attached hydrogens (primary N) is 1. The van der Waals surface area contributed by atoms with Gasteiger partial charge in [-0.2, -0.15) is 0 Å². The zero-order chi connectivity index (χ0) is 18.2. The van der Waals surface area contributed by atoms with Crippen molar-refractivity contribution >= 4 is 0 Å². The zero-order valence-corrected chi connectivity index (χ0v) is 14.7. The summed E-state index contributed by atoms with van der Waals surface area (Å²) < 4.78 is 24.9. The van der Waals surface area contributed by atoms with Gasteiger partial charge in [0.15, 0.2) is 11.5 Å². The Balaban J connectivity index is 1.59. The van der Waals surface area contributed by atoms with Crippen LogP contribution in [-0.4, -0.2) is 12.1 Å². The lowest BCUT2D eigenvalue weighted by Crippen LogP contribution is -2.80. The monoisotopic (exact) mass is 353 g/mol. The number of benzene rings is 2. The number of halogens is 1. The lowest BCUT2D eigenvalue weighted by Gasteiger charge is -2.12. The molecule has 2 aromatic carbocycles. The van der Waals surface area contributed by atoms with Crippen LogP contribution in [0.5, 0.6) is 11.5 Å². The van der Waals surface area contributed by atoms with Crippen molar-refractivity contribution in [1.29, 1.82) is 0 Å². The third kappa shape index (κ3) is 4.80. The number of nitrogens with zero attached hydrogens (tertiary/aromatic N) is 1. The smallest absolute Gasteiger partial charge is 0.161 e. The summed E-state index contributed by atoms with van der Waals surface area (Å²) in [5.41, 5.74) is 2.88. The number of ether oxygens (including phenoxy) is 2. The molecule has 0 bridgehead atoms. The second kappa shape index (κ2) is 8.97. The average molecular weight is 353 g/mol. The summed E-state index contributed by atoms with van der Waals surface area (Å²) in [6, 6.07) is 16.4. The zero-order valence-electron chi connectivity index (χ0n) is 14.7. The van der Waals surface area contributed by atoms with E-state index in [1.54, 1.807) is 37.7 Å². The fourth-order valence-corrected chi connectivity index (χ4v) is 2.65. The van der Waals surface area contributed by atoms with E-state index in [1.165, 1.54) is 11.6 Å². The van der Waals surface area contributed by atoms with Gasteiger partial charge in [-0.05, 0) is 36.4 Å². The quantitative estimate of drug-likeness (QED) is 0.677. The van der Waals surface area contributed by atoms with Crippen molar-refractivity contribution < 1.29 is 19.2 Å². The van der Waals surface area contributed by atoms with Gasteiger partial charge < -0.3 is 14.8 Å². The van der Waals surface area contributed by atoms with Gasteiger partial charge in [-0.25, -0.2) is 4.39 Å². The number of hydrogen-bond acceptors (Lipinski definition) is 3. The predicted octanol–water partition coefficient (Wildman–Crippen LogP) is 3.07. The number of rotatable bonds is 8. The van der Waals surface area contributed by atoms with Crippen LogP contribution in [0.3, 0.4) is 0 Å². The molecule has 26 heavy (non-hydrogen) atoms. The first-order valence-electron chi connectivity index (χ1n) is 8.50. The summed E-state index contributed by atoms with van der Waals surface area (Å²) in [7, 11) is 1.61. The molecule has 0 aliphatic rings. The topological polar surface area (TPSA) is 48.0 Å². The summed E-state index contributed by atoms with van der Waals surface area (Å²) in [5.74, 6) is 0.985. The number of quaternary nitrogens is 1. The molecule has 2 N–H and O–H groups in total. The minimum atomic E-state index is -0.270. The van der Waals surface area contributed by atoms with Gasteiger partial charge in [-0.3, -0.25) is 4.98 Å². The number of pyridine rings is 1. The molecule has 1 aromatic heterocycles. The van der Waals surface area contributed by atoms with E-state index in [1.807, 2.05) is 30.3 Å². The highest BCUT2D eigenvalue weighted by Gasteiger charge is 2.09. The molecule has 0 fully saturated rings. The molecular weight excluding hydrogens is 331 g/mol. The van der Waals surface area contributed by atoms with Crippen LogP contribution in [-0.2, 0) is 19.7 Å². The Morgan fingerprint density at radius 3 is 2.46 bits per heavy atom. The molecule has 3 aromatic rings. The lowest BCUT2D eigenvalue weighted by molar-refractivity contribution is -0.686. The molecule has 0 aliphatic carbocycles. The molecule has 0 saturated heterocycles. The fraction of sp³-hybridized carbons (Fsp3) is 0.190. The largest absolute Gasteiger partial charge is 0.493 e. The molecule has 0 amide bonds. The molecule has 0 saturated carbocycles. The van der Waals surface area contributed by atoms with E-state index in [9.17, 15) is 4.39 Å². The second-order valence-electron chi connectivity index (χ2n) is 5.92. The molecule has 0 unspecified atom stereocenters. The first-order chi connectivity index (χ1) is 12.8. The maximum atomic E-state index is 13.7. The molecule has 0 spiro atoms. The summed E-state index contributed by atoms with van der Waals surface area (Å²) >= 11 is 0. The first-order valence-corrected chi connectivity index (χ1v) is 8.50. The highest BCUT2D eigenvalue weighted by molar-refractivity contribution is 5.43. The van der Waals surface area contributed by atoms with Gasteiger partial charge >= 0.3 is 0 Å². The molecule has 3 rings (SSSR count). The average Bonchev–Trinajstić information content (AvgIpc) is 2.68. The van der Waals surface area contributed by atoms with Crippen molar-refractivity contribution in [1.82, 2.24) is 4.98 Å². The summed E-state index contributed by atoms with van der Waals surface area (Å²) in [6.07, 6.45) is 3.60. The molecule has 0 atom stereocenters. The molecule has 134 valence electrons. The van der Waals surface area contributed by atoms with Crippen molar-refractivity contribution in [3.05, 3.63) is 89.5 Å². The van der Waals surface area contributed by atoms with Crippen LogP contribution >= 0.6 is 0 Å². The van der Waals surface area contributed by atoms with E-state index in [0.29, 0.717) is 17.1 Å². The molecule has 4 nitrogen and oxygen atoms in total. The highest BCUT2D eigenvalue weighted by atomic mass is 19.1. The second-order valence-corrected chi connectivity index (χ2v) is 5.92. The summed E-state index contributed by atoms with van der Waals surface area (Å²) in [5, 5.41) is 2.21. The normalized spacial score (nSPS) is 10.5. The van der Waals surface area contributed by atoms with Crippen LogP contribution < -0.4 is 14.8 Å². The summed E-state index contributed by atoms with van der Waals surface area (Å²) in [4.78, 5) is 4.02. The van der Waals surface area contributed by atoms with Crippen LogP contribution in [0, 0.1) is 5.82 Å². The maximum absolute atomic E-state index is 13.7. The van der Waals surface area contributed by atoms with Crippen LogP contribution in [0.25, 0.3) is 0 Å². The number of methoxy groups -OCH3 is 1. The molecule has 1 heterocycles. The summed E-state index contributed by atoms with van der Waals surface area (Å²) in [6.45, 7) is 1.87. The van der Waals surface area contributed by atoms with Gasteiger partial charge in [-0.15, -0.1) is 0 Å². The molecule has 0 radical (unpaired) electrons. The van der Waals surface area contributed by atoms with Crippen LogP contribution in [0.1, 0.15) is 16.7 Å². The molecule has 5 heteroatoms. The highest BCUT2D eigenvalue weighted by Crippen LogP contribution is 2.28. The van der Waals surface area contributed by atoms with Gasteiger partial charge in [0.2, 0.25) is 0 Å². The van der Waals surface area contributed by atoms with E-state index in [2.05, 4.69) is 10.3 Å². The Bertz CT molecular complexity index is 840. The standard InChI is InChI=1S/C21H21FN2O2/c1-25-21-12-17(14-24-13-16-8-10-23-11-9-16)6-7-20(21)26-15-18-4-2-3-5-19(18)22/h2-12,24H,13-15H2,1H3/p+1. The lowest BCUT2D eigenvalue weighted by atomic mass is 10.2.